The first-order valence-corrected chi connectivity index (χ1v) is 20.7. The summed E-state index contributed by atoms with van der Waals surface area (Å²) in [7, 11) is 0. The van der Waals surface area contributed by atoms with Crippen molar-refractivity contribution in [3.8, 4) is 0 Å². The number of hydrogen-bond acceptors (Lipinski definition) is 3. The molecule has 0 aliphatic rings. The van der Waals surface area contributed by atoms with Gasteiger partial charge in [-0.3, -0.25) is 9.59 Å². The van der Waals surface area contributed by atoms with Crippen molar-refractivity contribution in [2.75, 3.05) is 0 Å². The third kappa shape index (κ3) is 37.1. The zero-order valence-corrected chi connectivity index (χ0v) is 31.2. The molecule has 0 amide bonds. The fraction of sp³-hybridized carbons (Fsp3) is 0.905. The van der Waals surface area contributed by atoms with Crippen LogP contribution in [-0.2, 0) is 14.3 Å². The molecule has 0 aromatic carbocycles. The van der Waals surface area contributed by atoms with Gasteiger partial charge in [0.25, 0.3) is 0 Å². The highest BCUT2D eigenvalue weighted by Gasteiger charge is 2.14. The molecule has 0 saturated heterocycles. The summed E-state index contributed by atoms with van der Waals surface area (Å²) in [6.45, 7) is 4.51. The van der Waals surface area contributed by atoms with Crippen LogP contribution >= 0.6 is 0 Å². The SMILES string of the molecule is CCCCCCCC/C=C\CCCCCCCCCCCCCC(=O)OC(CCCCC)CCCCCCCCCCCC(=O)O. The Labute approximate surface area is 287 Å². The summed E-state index contributed by atoms with van der Waals surface area (Å²) >= 11 is 0. The fourth-order valence-corrected chi connectivity index (χ4v) is 6.42. The van der Waals surface area contributed by atoms with Gasteiger partial charge in [-0.25, -0.2) is 0 Å². The summed E-state index contributed by atoms with van der Waals surface area (Å²) in [5.74, 6) is -0.652. The van der Waals surface area contributed by atoms with Gasteiger partial charge in [0.1, 0.15) is 6.10 Å². The Morgan fingerprint density at radius 1 is 0.457 bits per heavy atom. The van der Waals surface area contributed by atoms with E-state index in [-0.39, 0.29) is 12.1 Å². The summed E-state index contributed by atoms with van der Waals surface area (Å²) in [4.78, 5) is 23.1. The van der Waals surface area contributed by atoms with Crippen LogP contribution in [0.25, 0.3) is 0 Å². The molecular weight excluding hydrogens is 568 g/mol. The molecule has 0 fully saturated rings. The molecule has 0 aliphatic heterocycles. The number of rotatable bonds is 38. The first kappa shape index (κ1) is 44.7. The van der Waals surface area contributed by atoms with Crippen LogP contribution in [0.2, 0.25) is 0 Å². The number of carboxylic acids is 1. The van der Waals surface area contributed by atoms with E-state index in [0.29, 0.717) is 12.8 Å². The van der Waals surface area contributed by atoms with E-state index in [9.17, 15) is 9.59 Å². The van der Waals surface area contributed by atoms with E-state index >= 15 is 0 Å². The lowest BCUT2D eigenvalue weighted by Crippen LogP contribution is -2.18. The maximum atomic E-state index is 12.5. The minimum atomic E-state index is -0.677. The number of hydrogen-bond donors (Lipinski definition) is 1. The van der Waals surface area contributed by atoms with Crippen LogP contribution < -0.4 is 0 Å². The van der Waals surface area contributed by atoms with E-state index in [4.69, 9.17) is 9.84 Å². The highest BCUT2D eigenvalue weighted by Crippen LogP contribution is 2.18. The molecule has 0 saturated carbocycles. The zero-order chi connectivity index (χ0) is 33.6. The quantitative estimate of drug-likeness (QED) is 0.0411. The third-order valence-electron chi connectivity index (χ3n) is 9.49. The molecule has 0 aliphatic carbocycles. The van der Waals surface area contributed by atoms with Gasteiger partial charge < -0.3 is 9.84 Å². The van der Waals surface area contributed by atoms with Crippen molar-refractivity contribution >= 4 is 11.9 Å². The molecular formula is C42H80O4. The maximum absolute atomic E-state index is 12.5. The number of carbonyl (C=O) groups is 2. The van der Waals surface area contributed by atoms with E-state index in [1.165, 1.54) is 154 Å². The second kappa shape index (κ2) is 38.1. The van der Waals surface area contributed by atoms with Gasteiger partial charge in [0.2, 0.25) is 0 Å². The van der Waals surface area contributed by atoms with Crippen molar-refractivity contribution < 1.29 is 19.4 Å². The normalized spacial score (nSPS) is 12.2. The third-order valence-corrected chi connectivity index (χ3v) is 9.49. The second-order valence-corrected chi connectivity index (χ2v) is 14.2. The predicted molar refractivity (Wildman–Crippen MR) is 200 cm³/mol. The first-order chi connectivity index (χ1) is 22.6. The Balaban J connectivity index is 3.63. The lowest BCUT2D eigenvalue weighted by atomic mass is 10.0. The summed E-state index contributed by atoms with van der Waals surface area (Å²) in [5, 5.41) is 8.70. The molecule has 0 aromatic heterocycles. The van der Waals surface area contributed by atoms with Crippen molar-refractivity contribution in [1.29, 1.82) is 0 Å². The lowest BCUT2D eigenvalue weighted by Gasteiger charge is -2.18. The number of allylic oxidation sites excluding steroid dienone is 2. The Bertz CT molecular complexity index is 658. The molecule has 46 heavy (non-hydrogen) atoms. The van der Waals surface area contributed by atoms with Gasteiger partial charge in [0.05, 0.1) is 0 Å². The molecule has 272 valence electrons. The molecule has 0 rings (SSSR count). The molecule has 1 atom stereocenters. The standard InChI is InChI=1S/C42H80O4/c1-3-5-7-8-9-10-11-12-13-14-15-16-17-18-19-20-21-25-28-31-35-39-42(45)46-40(36-32-6-4-2)37-33-29-26-23-22-24-27-30-34-38-41(43)44/h12-13,40H,3-11,14-39H2,1-2H3,(H,43,44)/b13-12-. The zero-order valence-electron chi connectivity index (χ0n) is 31.2. The van der Waals surface area contributed by atoms with E-state index in [2.05, 4.69) is 26.0 Å². The largest absolute Gasteiger partial charge is 0.481 e. The molecule has 0 aromatic rings. The Morgan fingerprint density at radius 2 is 0.783 bits per heavy atom. The van der Waals surface area contributed by atoms with E-state index in [1.807, 2.05) is 0 Å². The maximum Gasteiger partial charge on any atom is 0.306 e. The molecule has 1 unspecified atom stereocenters. The lowest BCUT2D eigenvalue weighted by molar-refractivity contribution is -0.150. The first-order valence-electron chi connectivity index (χ1n) is 20.7. The predicted octanol–water partition coefficient (Wildman–Crippen LogP) is 14.2. The average Bonchev–Trinajstić information content (AvgIpc) is 3.04. The monoisotopic (exact) mass is 649 g/mol. The Hall–Kier alpha value is -1.32. The molecule has 0 heterocycles. The van der Waals surface area contributed by atoms with Gasteiger partial charge in [0.15, 0.2) is 0 Å². The van der Waals surface area contributed by atoms with E-state index in [1.54, 1.807) is 0 Å². The highest BCUT2D eigenvalue weighted by molar-refractivity contribution is 5.69. The summed E-state index contributed by atoms with van der Waals surface area (Å²) in [6, 6.07) is 0. The number of unbranched alkanes of at least 4 members (excludes halogenated alkanes) is 27. The van der Waals surface area contributed by atoms with Crippen LogP contribution in [0.15, 0.2) is 12.2 Å². The van der Waals surface area contributed by atoms with Crippen LogP contribution in [0, 0.1) is 0 Å². The number of carbonyl (C=O) groups excluding carboxylic acids is 1. The summed E-state index contributed by atoms with van der Waals surface area (Å²) in [6.07, 6.45) is 47.0. The second-order valence-electron chi connectivity index (χ2n) is 14.2. The molecule has 4 nitrogen and oxygen atoms in total. The highest BCUT2D eigenvalue weighted by atomic mass is 16.5. The van der Waals surface area contributed by atoms with Gasteiger partial charge in [-0.2, -0.15) is 0 Å². The smallest absolute Gasteiger partial charge is 0.306 e. The van der Waals surface area contributed by atoms with Crippen LogP contribution in [0.3, 0.4) is 0 Å². The topological polar surface area (TPSA) is 63.6 Å². The fourth-order valence-electron chi connectivity index (χ4n) is 6.42. The van der Waals surface area contributed by atoms with Crippen LogP contribution in [-0.4, -0.2) is 23.1 Å². The Kier molecular flexibility index (Phi) is 37.0. The van der Waals surface area contributed by atoms with Crippen molar-refractivity contribution in [3.63, 3.8) is 0 Å². The van der Waals surface area contributed by atoms with Gasteiger partial charge in [-0.05, 0) is 64.2 Å². The van der Waals surface area contributed by atoms with Crippen molar-refractivity contribution in [3.05, 3.63) is 12.2 Å². The number of aliphatic carboxylic acids is 1. The van der Waals surface area contributed by atoms with Crippen LogP contribution in [0.5, 0.6) is 0 Å². The molecule has 0 radical (unpaired) electrons. The summed E-state index contributed by atoms with van der Waals surface area (Å²) < 4.78 is 5.96. The summed E-state index contributed by atoms with van der Waals surface area (Å²) in [5.41, 5.74) is 0. The van der Waals surface area contributed by atoms with Gasteiger partial charge in [0, 0.05) is 12.8 Å². The van der Waals surface area contributed by atoms with Gasteiger partial charge in [-0.1, -0.05) is 174 Å². The number of carboxylic acid groups (broad SMARTS) is 1. The number of ether oxygens (including phenoxy) is 1. The van der Waals surface area contributed by atoms with Crippen molar-refractivity contribution in [1.82, 2.24) is 0 Å². The van der Waals surface area contributed by atoms with Gasteiger partial charge in [-0.15, -0.1) is 0 Å². The van der Waals surface area contributed by atoms with Gasteiger partial charge >= 0.3 is 11.9 Å². The minimum absolute atomic E-state index is 0.0256. The van der Waals surface area contributed by atoms with Crippen molar-refractivity contribution in [2.24, 2.45) is 0 Å². The molecule has 4 heteroatoms. The molecule has 0 bridgehead atoms. The van der Waals surface area contributed by atoms with E-state index in [0.717, 1.165) is 57.8 Å². The molecule has 1 N–H and O–H groups in total. The molecule has 0 spiro atoms. The van der Waals surface area contributed by atoms with Crippen LogP contribution in [0.1, 0.15) is 239 Å². The van der Waals surface area contributed by atoms with Crippen molar-refractivity contribution in [2.45, 2.75) is 245 Å². The Morgan fingerprint density at radius 3 is 1.22 bits per heavy atom. The van der Waals surface area contributed by atoms with E-state index < -0.39 is 5.97 Å². The minimum Gasteiger partial charge on any atom is -0.481 e. The number of esters is 1. The average molecular weight is 649 g/mol. The van der Waals surface area contributed by atoms with Crippen LogP contribution in [0.4, 0.5) is 0 Å².